The highest BCUT2D eigenvalue weighted by atomic mass is 16.5. The van der Waals surface area contributed by atoms with Crippen molar-refractivity contribution in [2.45, 2.75) is 19.3 Å². The van der Waals surface area contributed by atoms with E-state index in [2.05, 4.69) is 6.92 Å². The predicted molar refractivity (Wildman–Crippen MR) is 63.1 cm³/mol. The van der Waals surface area contributed by atoms with E-state index in [9.17, 15) is 4.79 Å². The zero-order valence-electron chi connectivity index (χ0n) is 9.86. The van der Waals surface area contributed by atoms with Crippen LogP contribution >= 0.6 is 0 Å². The van der Waals surface area contributed by atoms with Crippen LogP contribution in [-0.2, 0) is 14.9 Å². The van der Waals surface area contributed by atoms with Gasteiger partial charge in [0.1, 0.15) is 5.41 Å². The van der Waals surface area contributed by atoms with Gasteiger partial charge in [0.25, 0.3) is 0 Å². The summed E-state index contributed by atoms with van der Waals surface area (Å²) < 4.78 is 4.95. The molecule has 1 aliphatic rings. The number of carbonyl (C=O) groups excluding carboxylic acids is 1. The Morgan fingerprint density at radius 1 is 1.38 bits per heavy atom. The van der Waals surface area contributed by atoms with Crippen LogP contribution in [0.2, 0.25) is 0 Å². The van der Waals surface area contributed by atoms with E-state index >= 15 is 0 Å². The van der Waals surface area contributed by atoms with Crippen molar-refractivity contribution in [1.82, 2.24) is 0 Å². The molecule has 1 aromatic rings. The van der Waals surface area contributed by atoms with E-state index in [0.29, 0.717) is 0 Å². The lowest BCUT2D eigenvalue weighted by atomic mass is 9.93. The minimum Gasteiger partial charge on any atom is -0.468 e. The molecule has 2 heteroatoms. The van der Waals surface area contributed by atoms with E-state index in [-0.39, 0.29) is 11.9 Å². The number of ether oxygens (including phenoxy) is 1. The topological polar surface area (TPSA) is 26.3 Å². The lowest BCUT2D eigenvalue weighted by Gasteiger charge is -2.13. The van der Waals surface area contributed by atoms with Gasteiger partial charge in [0, 0.05) is 5.92 Å². The van der Waals surface area contributed by atoms with E-state index in [4.69, 9.17) is 4.74 Å². The third kappa shape index (κ3) is 1.22. The molecule has 2 nitrogen and oxygen atoms in total. The summed E-state index contributed by atoms with van der Waals surface area (Å²) in [6.07, 6.45) is 2.02. The van der Waals surface area contributed by atoms with Gasteiger partial charge in [0.2, 0.25) is 0 Å². The number of rotatable bonds is 2. The Balaban J connectivity index is 2.51. The SMILES string of the molecule is C/C=C1\[C@H](C)[C@]1(C(=O)OC)c1ccccc1. The minimum atomic E-state index is -0.523. The molecule has 0 spiro atoms. The van der Waals surface area contributed by atoms with Gasteiger partial charge in [-0.1, -0.05) is 43.3 Å². The molecule has 0 unspecified atom stereocenters. The highest BCUT2D eigenvalue weighted by Gasteiger charge is 2.64. The van der Waals surface area contributed by atoms with Crippen molar-refractivity contribution in [3.05, 3.63) is 47.5 Å². The van der Waals surface area contributed by atoms with Crippen LogP contribution in [0.1, 0.15) is 19.4 Å². The molecule has 0 amide bonds. The van der Waals surface area contributed by atoms with E-state index in [1.54, 1.807) is 0 Å². The maximum absolute atomic E-state index is 12.0. The molecule has 84 valence electrons. The lowest BCUT2D eigenvalue weighted by molar-refractivity contribution is -0.143. The van der Waals surface area contributed by atoms with Crippen LogP contribution < -0.4 is 0 Å². The molecule has 1 aromatic carbocycles. The number of methoxy groups -OCH3 is 1. The molecule has 0 radical (unpaired) electrons. The summed E-state index contributed by atoms with van der Waals surface area (Å²) in [5, 5.41) is 0. The first-order valence-corrected chi connectivity index (χ1v) is 5.50. The van der Waals surface area contributed by atoms with Gasteiger partial charge in [-0.2, -0.15) is 0 Å². The molecule has 0 N–H and O–H groups in total. The van der Waals surface area contributed by atoms with Gasteiger partial charge in [0.05, 0.1) is 7.11 Å². The Bertz CT molecular complexity index is 433. The van der Waals surface area contributed by atoms with Crippen molar-refractivity contribution >= 4 is 5.97 Å². The van der Waals surface area contributed by atoms with Crippen molar-refractivity contribution in [1.29, 1.82) is 0 Å². The summed E-state index contributed by atoms with van der Waals surface area (Å²) in [7, 11) is 1.45. The van der Waals surface area contributed by atoms with Crippen LogP contribution in [0.15, 0.2) is 42.0 Å². The number of allylic oxidation sites excluding steroid dienone is 1. The number of hydrogen-bond donors (Lipinski definition) is 0. The smallest absolute Gasteiger partial charge is 0.321 e. The minimum absolute atomic E-state index is 0.153. The standard InChI is InChI=1S/C14H16O2/c1-4-12-10(2)14(12,13(15)16-3)11-8-6-5-7-9-11/h4-10H,1-3H3/b12-4+/t10-,14-/m0/s1. The van der Waals surface area contributed by atoms with Crippen molar-refractivity contribution < 1.29 is 9.53 Å². The average Bonchev–Trinajstić information content (AvgIpc) is 2.95. The van der Waals surface area contributed by atoms with Crippen LogP contribution in [0.25, 0.3) is 0 Å². The zero-order chi connectivity index (χ0) is 11.8. The Hall–Kier alpha value is -1.57. The third-order valence-electron chi connectivity index (χ3n) is 3.54. The monoisotopic (exact) mass is 216 g/mol. The van der Waals surface area contributed by atoms with E-state index < -0.39 is 5.41 Å². The lowest BCUT2D eigenvalue weighted by Crippen LogP contribution is -2.24. The molecule has 2 rings (SSSR count). The van der Waals surface area contributed by atoms with Gasteiger partial charge in [-0.15, -0.1) is 0 Å². The Morgan fingerprint density at radius 3 is 2.44 bits per heavy atom. The zero-order valence-corrected chi connectivity index (χ0v) is 9.86. The van der Waals surface area contributed by atoms with Crippen LogP contribution in [0.5, 0.6) is 0 Å². The molecule has 0 bridgehead atoms. The molecule has 0 heterocycles. The first kappa shape index (κ1) is 10.9. The van der Waals surface area contributed by atoms with Crippen LogP contribution in [0.3, 0.4) is 0 Å². The van der Waals surface area contributed by atoms with Gasteiger partial charge >= 0.3 is 5.97 Å². The molecular weight excluding hydrogens is 200 g/mol. The fraction of sp³-hybridized carbons (Fsp3) is 0.357. The number of benzene rings is 1. The summed E-state index contributed by atoms with van der Waals surface area (Å²) in [6, 6.07) is 9.85. The van der Waals surface area contributed by atoms with Crippen molar-refractivity contribution in [2.75, 3.05) is 7.11 Å². The van der Waals surface area contributed by atoms with Crippen LogP contribution in [0.4, 0.5) is 0 Å². The Labute approximate surface area is 95.9 Å². The van der Waals surface area contributed by atoms with Gasteiger partial charge in [0.15, 0.2) is 0 Å². The van der Waals surface area contributed by atoms with Crippen LogP contribution in [0, 0.1) is 5.92 Å². The quantitative estimate of drug-likeness (QED) is 0.561. The molecule has 0 aromatic heterocycles. The largest absolute Gasteiger partial charge is 0.468 e. The fourth-order valence-corrected chi connectivity index (χ4v) is 2.68. The van der Waals surface area contributed by atoms with E-state index in [0.717, 1.165) is 11.1 Å². The summed E-state index contributed by atoms with van der Waals surface area (Å²) in [5.74, 6) is 0.0895. The molecular formula is C14H16O2. The maximum atomic E-state index is 12.0. The van der Waals surface area contributed by atoms with Crippen molar-refractivity contribution in [3.8, 4) is 0 Å². The van der Waals surface area contributed by atoms with Crippen molar-refractivity contribution in [2.24, 2.45) is 5.92 Å². The summed E-state index contributed by atoms with van der Waals surface area (Å²) in [4.78, 5) is 12.0. The fourth-order valence-electron chi connectivity index (χ4n) is 2.68. The maximum Gasteiger partial charge on any atom is 0.321 e. The molecule has 0 aliphatic heterocycles. The van der Waals surface area contributed by atoms with E-state index in [1.807, 2.05) is 43.3 Å². The van der Waals surface area contributed by atoms with Crippen LogP contribution in [-0.4, -0.2) is 13.1 Å². The number of carbonyl (C=O) groups is 1. The Morgan fingerprint density at radius 2 is 2.00 bits per heavy atom. The summed E-state index contributed by atoms with van der Waals surface area (Å²) in [6.45, 7) is 4.04. The average molecular weight is 216 g/mol. The van der Waals surface area contributed by atoms with Gasteiger partial charge in [-0.05, 0) is 18.1 Å². The summed E-state index contributed by atoms with van der Waals surface area (Å²) in [5.41, 5.74) is 1.66. The molecule has 1 aliphatic carbocycles. The highest BCUT2D eigenvalue weighted by molar-refractivity contribution is 5.94. The van der Waals surface area contributed by atoms with E-state index in [1.165, 1.54) is 7.11 Å². The number of esters is 1. The second-order valence-corrected chi connectivity index (χ2v) is 4.13. The molecule has 0 saturated heterocycles. The second kappa shape index (κ2) is 3.78. The summed E-state index contributed by atoms with van der Waals surface area (Å²) >= 11 is 0. The molecule has 16 heavy (non-hydrogen) atoms. The molecule has 2 atom stereocenters. The molecule has 1 fully saturated rings. The third-order valence-corrected chi connectivity index (χ3v) is 3.54. The van der Waals surface area contributed by atoms with Gasteiger partial charge in [-0.25, -0.2) is 0 Å². The highest BCUT2D eigenvalue weighted by Crippen LogP contribution is 2.59. The van der Waals surface area contributed by atoms with Gasteiger partial charge in [-0.3, -0.25) is 4.79 Å². The second-order valence-electron chi connectivity index (χ2n) is 4.13. The normalized spacial score (nSPS) is 30.2. The first-order valence-electron chi connectivity index (χ1n) is 5.50. The first-order chi connectivity index (χ1) is 7.69. The predicted octanol–water partition coefficient (Wildman–Crippen LogP) is 2.69. The molecule has 1 saturated carbocycles. The Kier molecular flexibility index (Phi) is 2.58. The van der Waals surface area contributed by atoms with Crippen molar-refractivity contribution in [3.63, 3.8) is 0 Å². The number of hydrogen-bond acceptors (Lipinski definition) is 2. The van der Waals surface area contributed by atoms with Gasteiger partial charge < -0.3 is 4.74 Å².